The third-order valence-electron chi connectivity index (χ3n) is 9.17. The maximum atomic E-state index is 5.34. The van der Waals surface area contributed by atoms with Gasteiger partial charge in [0.2, 0.25) is 0 Å². The van der Waals surface area contributed by atoms with Crippen molar-refractivity contribution in [1.82, 2.24) is 14.5 Å². The third-order valence-corrected chi connectivity index (χ3v) is 10.4. The highest BCUT2D eigenvalue weighted by Gasteiger charge is 2.24. The van der Waals surface area contributed by atoms with Crippen LogP contribution in [0.25, 0.3) is 92.0 Å². The van der Waals surface area contributed by atoms with Crippen LogP contribution in [0.5, 0.6) is 0 Å². The molecule has 0 aliphatic carbocycles. The number of fused-ring (bicyclic) bond motifs is 12. The molecule has 0 amide bonds. The Bertz CT molecular complexity index is 2740. The van der Waals surface area contributed by atoms with Crippen LogP contribution in [0.1, 0.15) is 0 Å². The molecule has 0 fully saturated rings. The van der Waals surface area contributed by atoms with Crippen LogP contribution in [0, 0.1) is 0 Å². The van der Waals surface area contributed by atoms with E-state index in [2.05, 4.69) is 132 Å². The number of nitrogens with zero attached hydrogens (tertiary/aromatic N) is 3. The van der Waals surface area contributed by atoms with Gasteiger partial charge >= 0.3 is 0 Å². The van der Waals surface area contributed by atoms with Crippen molar-refractivity contribution in [1.29, 1.82) is 0 Å². The zero-order valence-electron chi connectivity index (χ0n) is 24.7. The predicted octanol–water partition coefficient (Wildman–Crippen LogP) is 11.6. The molecule has 3 nitrogen and oxygen atoms in total. The normalized spacial score (nSPS) is 11.9. The van der Waals surface area contributed by atoms with Gasteiger partial charge in [-0.2, -0.15) is 0 Å². The van der Waals surface area contributed by atoms with Crippen LogP contribution in [0.2, 0.25) is 0 Å². The summed E-state index contributed by atoms with van der Waals surface area (Å²) >= 11 is 1.89. The zero-order chi connectivity index (χ0) is 30.2. The van der Waals surface area contributed by atoms with Gasteiger partial charge in [-0.05, 0) is 22.9 Å². The topological polar surface area (TPSA) is 30.7 Å². The Labute approximate surface area is 268 Å². The number of benzene rings is 7. The molecule has 7 aromatic carbocycles. The minimum atomic E-state index is 0.708. The number of hydrogen-bond acceptors (Lipinski definition) is 3. The summed E-state index contributed by atoms with van der Waals surface area (Å²) in [7, 11) is 0. The Morgan fingerprint density at radius 1 is 0.478 bits per heavy atom. The first-order valence-electron chi connectivity index (χ1n) is 15.5. The molecule has 10 aromatic rings. The number of rotatable bonds is 3. The molecule has 0 unspecified atom stereocenters. The fraction of sp³-hybridized carbons (Fsp3) is 0. The molecule has 0 atom stereocenters. The maximum Gasteiger partial charge on any atom is 0.162 e. The molecular weight excluding hydrogens is 579 g/mol. The molecule has 0 bridgehead atoms. The Morgan fingerprint density at radius 3 is 1.93 bits per heavy atom. The summed E-state index contributed by atoms with van der Waals surface area (Å²) in [4.78, 5) is 10.5. The Balaban J connectivity index is 1.47. The molecule has 214 valence electrons. The maximum absolute atomic E-state index is 5.34. The second kappa shape index (κ2) is 9.83. The van der Waals surface area contributed by atoms with E-state index in [1.54, 1.807) is 0 Å². The lowest BCUT2D eigenvalue weighted by atomic mass is 9.97. The van der Waals surface area contributed by atoms with Crippen molar-refractivity contribution >= 4 is 74.9 Å². The van der Waals surface area contributed by atoms with Gasteiger partial charge in [0.1, 0.15) is 5.82 Å². The van der Waals surface area contributed by atoms with Gasteiger partial charge in [-0.15, -0.1) is 11.3 Å². The van der Waals surface area contributed by atoms with Crippen LogP contribution >= 0.6 is 11.3 Å². The van der Waals surface area contributed by atoms with Gasteiger partial charge < -0.3 is 0 Å². The van der Waals surface area contributed by atoms with E-state index in [0.29, 0.717) is 5.82 Å². The summed E-state index contributed by atoms with van der Waals surface area (Å²) in [6.07, 6.45) is 0. The van der Waals surface area contributed by atoms with E-state index < -0.39 is 0 Å². The highest BCUT2D eigenvalue weighted by atomic mass is 32.1. The van der Waals surface area contributed by atoms with Crippen LogP contribution in [0.4, 0.5) is 0 Å². The first-order valence-corrected chi connectivity index (χ1v) is 16.3. The van der Waals surface area contributed by atoms with Crippen LogP contribution < -0.4 is 0 Å². The highest BCUT2D eigenvalue weighted by Crippen LogP contribution is 2.49. The first-order chi connectivity index (χ1) is 22.8. The quantitative estimate of drug-likeness (QED) is 0.201. The van der Waals surface area contributed by atoms with Crippen molar-refractivity contribution in [2.45, 2.75) is 0 Å². The van der Waals surface area contributed by atoms with Crippen molar-refractivity contribution < 1.29 is 0 Å². The number of hydrogen-bond donors (Lipinski definition) is 0. The lowest BCUT2D eigenvalue weighted by molar-refractivity contribution is 1.05. The SMILES string of the molecule is c1ccc(-c2cc(-n3c4ccc5ccccc5c4c4c5c6ccccc6sc5c5ccccc5c43)nc(-c3ccccc3)n2)cc1. The first kappa shape index (κ1) is 25.5. The standard InChI is InChI=1S/C42H25N3S/c1-3-14-27(15-4-1)33-25-36(44-42(43-33)28-16-5-2-6-17-28)45-34-24-23-26-13-7-8-18-29(26)37(34)39-38-32-21-11-12-22-35(32)46-41(38)31-20-10-9-19-30(31)40(39)45/h1-25H. The van der Waals surface area contributed by atoms with E-state index in [4.69, 9.17) is 9.97 Å². The molecule has 0 spiro atoms. The second-order valence-corrected chi connectivity index (χ2v) is 12.8. The van der Waals surface area contributed by atoms with Gasteiger partial charge in [0, 0.05) is 58.9 Å². The monoisotopic (exact) mass is 603 g/mol. The average molecular weight is 604 g/mol. The van der Waals surface area contributed by atoms with E-state index in [-0.39, 0.29) is 0 Å². The van der Waals surface area contributed by atoms with Crippen molar-refractivity contribution in [3.8, 4) is 28.5 Å². The Hall–Kier alpha value is -5.84. The van der Waals surface area contributed by atoms with Gasteiger partial charge in [0.15, 0.2) is 5.82 Å². The predicted molar refractivity (Wildman–Crippen MR) is 195 cm³/mol. The second-order valence-electron chi connectivity index (χ2n) is 11.8. The molecule has 3 aromatic heterocycles. The fourth-order valence-electron chi connectivity index (χ4n) is 7.19. The molecule has 0 N–H and O–H groups in total. The van der Waals surface area contributed by atoms with Crippen molar-refractivity contribution in [2.24, 2.45) is 0 Å². The molecule has 4 heteroatoms. The summed E-state index contributed by atoms with van der Waals surface area (Å²) in [6.45, 7) is 0. The molecule has 0 aliphatic heterocycles. The Morgan fingerprint density at radius 2 is 1.13 bits per heavy atom. The van der Waals surface area contributed by atoms with E-state index >= 15 is 0 Å². The van der Waals surface area contributed by atoms with E-state index in [1.165, 1.54) is 58.0 Å². The summed E-state index contributed by atoms with van der Waals surface area (Å²) in [5.41, 5.74) is 5.26. The molecule has 10 rings (SSSR count). The van der Waals surface area contributed by atoms with E-state index in [1.807, 2.05) is 35.6 Å². The van der Waals surface area contributed by atoms with Crippen molar-refractivity contribution in [3.63, 3.8) is 0 Å². The van der Waals surface area contributed by atoms with Crippen molar-refractivity contribution in [2.75, 3.05) is 0 Å². The summed E-state index contributed by atoms with van der Waals surface area (Å²) in [5.74, 6) is 1.56. The zero-order valence-corrected chi connectivity index (χ0v) is 25.5. The highest BCUT2D eigenvalue weighted by molar-refractivity contribution is 7.27. The molecule has 46 heavy (non-hydrogen) atoms. The van der Waals surface area contributed by atoms with Crippen LogP contribution in [0.15, 0.2) is 152 Å². The van der Waals surface area contributed by atoms with Crippen LogP contribution in [-0.2, 0) is 0 Å². The lowest BCUT2D eigenvalue weighted by Crippen LogP contribution is -2.02. The number of thiophene rings is 1. The van der Waals surface area contributed by atoms with Gasteiger partial charge in [-0.1, -0.05) is 133 Å². The molecule has 0 radical (unpaired) electrons. The van der Waals surface area contributed by atoms with Gasteiger partial charge in [0.05, 0.1) is 16.7 Å². The van der Waals surface area contributed by atoms with Crippen LogP contribution in [-0.4, -0.2) is 14.5 Å². The molecule has 0 saturated heterocycles. The van der Waals surface area contributed by atoms with E-state index in [9.17, 15) is 0 Å². The molecular formula is C42H25N3S. The fourth-order valence-corrected chi connectivity index (χ4v) is 8.44. The lowest BCUT2D eigenvalue weighted by Gasteiger charge is -2.13. The molecule has 0 aliphatic rings. The third kappa shape index (κ3) is 3.65. The van der Waals surface area contributed by atoms with Gasteiger partial charge in [-0.25, -0.2) is 9.97 Å². The largest absolute Gasteiger partial charge is 0.293 e. The summed E-state index contributed by atoms with van der Waals surface area (Å²) in [6, 6.07) is 53.9. The Kier molecular flexibility index (Phi) is 5.45. The van der Waals surface area contributed by atoms with Gasteiger partial charge in [0.25, 0.3) is 0 Å². The minimum Gasteiger partial charge on any atom is -0.293 e. The minimum absolute atomic E-state index is 0.708. The van der Waals surface area contributed by atoms with Crippen molar-refractivity contribution in [3.05, 3.63) is 152 Å². The van der Waals surface area contributed by atoms with Gasteiger partial charge in [-0.3, -0.25) is 4.57 Å². The smallest absolute Gasteiger partial charge is 0.162 e. The van der Waals surface area contributed by atoms with Crippen LogP contribution in [0.3, 0.4) is 0 Å². The summed E-state index contributed by atoms with van der Waals surface area (Å²) in [5, 5.41) is 10.1. The molecule has 3 heterocycles. The number of aromatic nitrogens is 3. The van der Waals surface area contributed by atoms with E-state index in [0.717, 1.165) is 28.2 Å². The summed E-state index contributed by atoms with van der Waals surface area (Å²) < 4.78 is 5.02. The average Bonchev–Trinajstić information content (AvgIpc) is 3.69. The molecule has 0 saturated carbocycles.